The molecule has 9 nitrogen and oxygen atoms in total. The predicted octanol–water partition coefficient (Wildman–Crippen LogP) is -0.893. The number of hydrogen-bond donors (Lipinski definition) is 4. The fourth-order valence-electron chi connectivity index (χ4n) is 2.56. The lowest BCUT2D eigenvalue weighted by Gasteiger charge is -2.17. The number of aliphatic hydroxyl groups is 3. The van der Waals surface area contributed by atoms with Gasteiger partial charge >= 0.3 is 5.69 Å². The van der Waals surface area contributed by atoms with Gasteiger partial charge in [0.05, 0.1) is 6.61 Å². The molecule has 1 aliphatic heterocycles. The molecule has 0 aliphatic carbocycles. The minimum absolute atomic E-state index is 0.0434. The van der Waals surface area contributed by atoms with Gasteiger partial charge in [0.25, 0.3) is 5.91 Å². The Labute approximate surface area is 142 Å². The minimum Gasteiger partial charge on any atom is -0.394 e. The summed E-state index contributed by atoms with van der Waals surface area (Å²) in [4.78, 5) is 27.9. The molecule has 3 rings (SSSR count). The van der Waals surface area contributed by atoms with Crippen molar-refractivity contribution < 1.29 is 24.9 Å². The van der Waals surface area contributed by atoms with E-state index in [1.54, 1.807) is 30.3 Å². The van der Waals surface area contributed by atoms with Gasteiger partial charge in [-0.2, -0.15) is 4.98 Å². The van der Waals surface area contributed by atoms with Gasteiger partial charge in [-0.3, -0.25) is 9.36 Å². The third-order valence-electron chi connectivity index (χ3n) is 3.90. The molecule has 0 spiro atoms. The Morgan fingerprint density at radius 1 is 1.20 bits per heavy atom. The van der Waals surface area contributed by atoms with Crippen LogP contribution in [0.3, 0.4) is 0 Å². The molecule has 1 saturated heterocycles. The molecule has 1 aromatic heterocycles. The summed E-state index contributed by atoms with van der Waals surface area (Å²) in [6.45, 7) is -0.498. The summed E-state index contributed by atoms with van der Waals surface area (Å²) in [6.07, 6.45) is -3.59. The van der Waals surface area contributed by atoms with Crippen LogP contribution in [0.25, 0.3) is 0 Å². The van der Waals surface area contributed by atoms with Crippen molar-refractivity contribution in [3.8, 4) is 0 Å². The number of hydrogen-bond acceptors (Lipinski definition) is 7. The van der Waals surface area contributed by atoms with Crippen molar-refractivity contribution in [2.75, 3.05) is 11.9 Å². The van der Waals surface area contributed by atoms with Crippen LogP contribution in [0.2, 0.25) is 0 Å². The van der Waals surface area contributed by atoms with Crippen LogP contribution in [-0.2, 0) is 4.74 Å². The Morgan fingerprint density at radius 3 is 2.52 bits per heavy atom. The van der Waals surface area contributed by atoms with E-state index in [2.05, 4.69) is 10.3 Å². The van der Waals surface area contributed by atoms with Crippen molar-refractivity contribution in [3.63, 3.8) is 0 Å². The molecule has 1 amide bonds. The predicted molar refractivity (Wildman–Crippen MR) is 85.9 cm³/mol. The summed E-state index contributed by atoms with van der Waals surface area (Å²) in [7, 11) is 0. The zero-order chi connectivity index (χ0) is 18.0. The van der Waals surface area contributed by atoms with E-state index in [1.165, 1.54) is 12.3 Å². The summed E-state index contributed by atoms with van der Waals surface area (Å²) in [5.41, 5.74) is -0.363. The molecule has 9 heteroatoms. The van der Waals surface area contributed by atoms with E-state index in [4.69, 9.17) is 9.84 Å². The maximum Gasteiger partial charge on any atom is 0.351 e. The highest BCUT2D eigenvalue weighted by molar-refractivity contribution is 6.03. The Hall–Kier alpha value is -2.59. The van der Waals surface area contributed by atoms with E-state index in [-0.39, 0.29) is 5.82 Å². The second-order valence-corrected chi connectivity index (χ2v) is 5.55. The number of nitrogens with zero attached hydrogens (tertiary/aromatic N) is 2. The Kier molecular flexibility index (Phi) is 4.91. The Morgan fingerprint density at radius 2 is 1.92 bits per heavy atom. The van der Waals surface area contributed by atoms with Gasteiger partial charge in [0, 0.05) is 11.8 Å². The maximum absolute atomic E-state index is 12.2. The van der Waals surface area contributed by atoms with Crippen molar-refractivity contribution in [2.24, 2.45) is 0 Å². The number of rotatable bonds is 4. The molecule has 0 bridgehead atoms. The highest BCUT2D eigenvalue weighted by Gasteiger charge is 2.43. The topological polar surface area (TPSA) is 134 Å². The van der Waals surface area contributed by atoms with E-state index in [1.807, 2.05) is 0 Å². The van der Waals surface area contributed by atoms with Crippen LogP contribution in [-0.4, -0.2) is 55.7 Å². The van der Waals surface area contributed by atoms with Gasteiger partial charge in [0.1, 0.15) is 24.1 Å². The normalized spacial score (nSPS) is 25.7. The van der Waals surface area contributed by atoms with Crippen LogP contribution in [0.15, 0.2) is 47.4 Å². The van der Waals surface area contributed by atoms with Gasteiger partial charge in [0.2, 0.25) is 0 Å². The van der Waals surface area contributed by atoms with Gasteiger partial charge in [-0.25, -0.2) is 4.79 Å². The number of nitrogens with one attached hydrogen (secondary N) is 1. The third-order valence-corrected chi connectivity index (χ3v) is 3.90. The molecule has 1 fully saturated rings. The quantitative estimate of drug-likeness (QED) is 0.563. The Bertz CT molecular complexity index is 809. The van der Waals surface area contributed by atoms with Gasteiger partial charge < -0.3 is 25.4 Å². The summed E-state index contributed by atoms with van der Waals surface area (Å²) < 4.78 is 6.27. The number of aliphatic hydroxyl groups excluding tert-OH is 3. The van der Waals surface area contributed by atoms with Gasteiger partial charge in [0.15, 0.2) is 6.23 Å². The average molecular weight is 347 g/mol. The highest BCUT2D eigenvalue weighted by atomic mass is 16.6. The van der Waals surface area contributed by atoms with E-state index in [9.17, 15) is 19.8 Å². The van der Waals surface area contributed by atoms with Crippen molar-refractivity contribution >= 4 is 11.7 Å². The SMILES string of the molecule is O=C(Nc1ccn([C@@H]2O[C@H](CO)C(O)[C@@H]2O)c(=O)n1)c1ccccc1. The zero-order valence-corrected chi connectivity index (χ0v) is 13.0. The third kappa shape index (κ3) is 3.44. The average Bonchev–Trinajstić information content (AvgIpc) is 2.91. The second kappa shape index (κ2) is 7.11. The molecule has 0 radical (unpaired) electrons. The smallest absolute Gasteiger partial charge is 0.351 e. The molecule has 0 saturated carbocycles. The lowest BCUT2D eigenvalue weighted by Crippen LogP contribution is -2.36. The van der Waals surface area contributed by atoms with Gasteiger partial charge in [-0.15, -0.1) is 0 Å². The molecule has 1 unspecified atom stereocenters. The molecule has 132 valence electrons. The first-order valence-electron chi connectivity index (χ1n) is 7.59. The number of amides is 1. The van der Waals surface area contributed by atoms with Crippen LogP contribution in [0.1, 0.15) is 16.6 Å². The van der Waals surface area contributed by atoms with Crippen molar-refractivity contribution in [3.05, 3.63) is 58.6 Å². The van der Waals surface area contributed by atoms with Crippen LogP contribution in [0.4, 0.5) is 5.82 Å². The van der Waals surface area contributed by atoms with E-state index < -0.39 is 42.7 Å². The molecule has 2 heterocycles. The summed E-state index contributed by atoms with van der Waals surface area (Å²) >= 11 is 0. The summed E-state index contributed by atoms with van der Waals surface area (Å²) in [5.74, 6) is -0.375. The van der Waals surface area contributed by atoms with Gasteiger partial charge in [-0.1, -0.05) is 18.2 Å². The molecular formula is C16H17N3O6. The fraction of sp³-hybridized carbons (Fsp3) is 0.312. The number of benzene rings is 1. The number of aromatic nitrogens is 2. The monoisotopic (exact) mass is 347 g/mol. The van der Waals surface area contributed by atoms with Crippen LogP contribution in [0, 0.1) is 0 Å². The minimum atomic E-state index is -1.39. The van der Waals surface area contributed by atoms with Crippen molar-refractivity contribution in [1.29, 1.82) is 0 Å². The molecule has 1 aromatic carbocycles. The molecule has 1 aliphatic rings. The highest BCUT2D eigenvalue weighted by Crippen LogP contribution is 2.28. The zero-order valence-electron chi connectivity index (χ0n) is 13.0. The first-order valence-corrected chi connectivity index (χ1v) is 7.59. The fourth-order valence-corrected chi connectivity index (χ4v) is 2.56. The second-order valence-electron chi connectivity index (χ2n) is 5.55. The molecule has 4 N–H and O–H groups in total. The number of carbonyl (C=O) groups excluding carboxylic acids is 1. The number of ether oxygens (including phenoxy) is 1. The number of carbonyl (C=O) groups is 1. The summed E-state index contributed by atoms with van der Waals surface area (Å²) in [6, 6.07) is 9.81. The van der Waals surface area contributed by atoms with Crippen molar-refractivity contribution in [1.82, 2.24) is 9.55 Å². The van der Waals surface area contributed by atoms with Gasteiger partial charge in [-0.05, 0) is 18.2 Å². The Balaban J connectivity index is 1.78. The standard InChI is InChI=1S/C16H17N3O6/c20-8-10-12(21)13(22)15(25-10)19-7-6-11(18-16(19)24)17-14(23)9-4-2-1-3-5-9/h1-7,10,12-13,15,20-22H,8H2,(H,17,18,23,24)/t10-,12?,13+,15-/m1/s1. The lowest BCUT2D eigenvalue weighted by atomic mass is 10.1. The van der Waals surface area contributed by atoms with Crippen LogP contribution >= 0.6 is 0 Å². The summed E-state index contributed by atoms with van der Waals surface area (Å²) in [5, 5.41) is 31.3. The van der Waals surface area contributed by atoms with E-state index in [0.717, 1.165) is 4.57 Å². The lowest BCUT2D eigenvalue weighted by molar-refractivity contribution is -0.0549. The molecule has 4 atom stereocenters. The van der Waals surface area contributed by atoms with Crippen LogP contribution < -0.4 is 11.0 Å². The van der Waals surface area contributed by atoms with E-state index in [0.29, 0.717) is 5.56 Å². The first-order chi connectivity index (χ1) is 12.0. The number of anilines is 1. The van der Waals surface area contributed by atoms with Crippen LogP contribution in [0.5, 0.6) is 0 Å². The molecular weight excluding hydrogens is 330 g/mol. The van der Waals surface area contributed by atoms with E-state index >= 15 is 0 Å². The van der Waals surface area contributed by atoms with Crippen molar-refractivity contribution in [2.45, 2.75) is 24.5 Å². The first kappa shape index (κ1) is 17.2. The largest absolute Gasteiger partial charge is 0.394 e. The maximum atomic E-state index is 12.2. The molecule has 25 heavy (non-hydrogen) atoms. The molecule has 2 aromatic rings.